The van der Waals surface area contributed by atoms with Gasteiger partial charge in [0.15, 0.2) is 11.5 Å². The summed E-state index contributed by atoms with van der Waals surface area (Å²) in [6.07, 6.45) is 0. The first-order chi connectivity index (χ1) is 10.9. The molecule has 7 heteroatoms. The van der Waals surface area contributed by atoms with Crippen LogP contribution >= 0.6 is 0 Å². The van der Waals surface area contributed by atoms with Crippen LogP contribution in [0.5, 0.6) is 11.5 Å². The lowest BCUT2D eigenvalue weighted by Gasteiger charge is -2.13. The molecule has 1 N–H and O–H groups in total. The zero-order valence-electron chi connectivity index (χ0n) is 13.1. The summed E-state index contributed by atoms with van der Waals surface area (Å²) >= 11 is 0. The second kappa shape index (κ2) is 6.97. The highest BCUT2D eigenvalue weighted by Gasteiger charge is 2.15. The number of hydrogen-bond acceptors (Lipinski definition) is 4. The SMILES string of the molecule is COc1cc(C)c(CNS(=O)(=O)c2ccc(F)cc2)cc1OC. The number of benzene rings is 2. The summed E-state index contributed by atoms with van der Waals surface area (Å²) in [6.45, 7) is 1.94. The Morgan fingerprint density at radius 2 is 1.61 bits per heavy atom. The van der Waals surface area contributed by atoms with E-state index in [2.05, 4.69) is 4.72 Å². The monoisotopic (exact) mass is 339 g/mol. The van der Waals surface area contributed by atoms with E-state index in [4.69, 9.17) is 9.47 Å². The summed E-state index contributed by atoms with van der Waals surface area (Å²) in [5.74, 6) is 0.615. The van der Waals surface area contributed by atoms with Crippen molar-refractivity contribution < 1.29 is 22.3 Å². The Labute approximate surface area is 135 Å². The van der Waals surface area contributed by atoms with Crippen LogP contribution in [-0.4, -0.2) is 22.6 Å². The van der Waals surface area contributed by atoms with E-state index in [1.165, 1.54) is 26.4 Å². The van der Waals surface area contributed by atoms with E-state index < -0.39 is 15.8 Å². The van der Waals surface area contributed by atoms with Crippen LogP contribution in [0.3, 0.4) is 0 Å². The molecule has 0 aliphatic rings. The number of aryl methyl sites for hydroxylation is 1. The van der Waals surface area contributed by atoms with Gasteiger partial charge in [-0.15, -0.1) is 0 Å². The van der Waals surface area contributed by atoms with Crippen molar-refractivity contribution in [3.05, 3.63) is 53.3 Å². The smallest absolute Gasteiger partial charge is 0.240 e. The van der Waals surface area contributed by atoms with E-state index >= 15 is 0 Å². The summed E-state index contributed by atoms with van der Waals surface area (Å²) in [6, 6.07) is 8.16. The average Bonchev–Trinajstić information content (AvgIpc) is 2.53. The maximum atomic E-state index is 12.9. The third-order valence-corrected chi connectivity index (χ3v) is 4.84. The first kappa shape index (κ1) is 17.2. The molecule has 0 saturated heterocycles. The lowest BCUT2D eigenvalue weighted by molar-refractivity contribution is 0.354. The Morgan fingerprint density at radius 3 is 2.17 bits per heavy atom. The van der Waals surface area contributed by atoms with Gasteiger partial charge in [-0.3, -0.25) is 0 Å². The fourth-order valence-electron chi connectivity index (χ4n) is 2.08. The Bertz CT molecular complexity index is 788. The molecule has 2 aromatic rings. The first-order valence-corrected chi connectivity index (χ1v) is 8.32. The fraction of sp³-hybridized carbons (Fsp3) is 0.250. The minimum absolute atomic E-state index is 0.0111. The van der Waals surface area contributed by atoms with Gasteiger partial charge in [0, 0.05) is 6.54 Å². The predicted octanol–water partition coefficient (Wildman–Crippen LogP) is 2.63. The van der Waals surface area contributed by atoms with Crippen molar-refractivity contribution in [1.29, 1.82) is 0 Å². The molecule has 0 bridgehead atoms. The van der Waals surface area contributed by atoms with Gasteiger partial charge in [0.05, 0.1) is 19.1 Å². The molecule has 0 heterocycles. The lowest BCUT2D eigenvalue weighted by atomic mass is 10.1. The molecule has 0 amide bonds. The third-order valence-electron chi connectivity index (χ3n) is 3.42. The van der Waals surface area contributed by atoms with Crippen molar-refractivity contribution in [3.8, 4) is 11.5 Å². The number of methoxy groups -OCH3 is 2. The molecular weight excluding hydrogens is 321 g/mol. The molecule has 124 valence electrons. The molecule has 0 aromatic heterocycles. The molecule has 0 aliphatic carbocycles. The van der Waals surface area contributed by atoms with Gasteiger partial charge in [0.25, 0.3) is 0 Å². The van der Waals surface area contributed by atoms with Crippen LogP contribution < -0.4 is 14.2 Å². The molecule has 2 rings (SSSR count). The quantitative estimate of drug-likeness (QED) is 0.879. The van der Waals surface area contributed by atoms with E-state index in [1.807, 2.05) is 6.92 Å². The second-order valence-electron chi connectivity index (χ2n) is 4.91. The molecule has 0 saturated carbocycles. The molecular formula is C16H18FNO4S. The Balaban J connectivity index is 2.21. The fourth-order valence-corrected chi connectivity index (χ4v) is 3.09. The standard InChI is InChI=1S/C16H18FNO4S/c1-11-8-15(21-2)16(22-3)9-12(11)10-18-23(19,20)14-6-4-13(17)5-7-14/h4-9,18H,10H2,1-3H3. The summed E-state index contributed by atoms with van der Waals surface area (Å²) < 4.78 is 50.2. The van der Waals surface area contributed by atoms with Gasteiger partial charge in [-0.05, 0) is 54.4 Å². The van der Waals surface area contributed by atoms with Crippen molar-refractivity contribution in [2.75, 3.05) is 14.2 Å². The number of halogens is 1. The van der Waals surface area contributed by atoms with Crippen molar-refractivity contribution >= 4 is 10.0 Å². The first-order valence-electron chi connectivity index (χ1n) is 6.84. The largest absolute Gasteiger partial charge is 0.493 e. The van der Waals surface area contributed by atoms with Crippen LogP contribution in [0.2, 0.25) is 0 Å². The molecule has 0 radical (unpaired) electrons. The molecule has 0 aliphatic heterocycles. The highest BCUT2D eigenvalue weighted by molar-refractivity contribution is 7.89. The second-order valence-corrected chi connectivity index (χ2v) is 6.68. The van der Waals surface area contributed by atoms with Crippen LogP contribution in [0, 0.1) is 12.7 Å². The molecule has 0 fully saturated rings. The van der Waals surface area contributed by atoms with Crippen LogP contribution in [0.4, 0.5) is 4.39 Å². The van der Waals surface area contributed by atoms with Gasteiger partial charge in [-0.2, -0.15) is 0 Å². The summed E-state index contributed by atoms with van der Waals surface area (Å²) in [5.41, 5.74) is 1.62. The average molecular weight is 339 g/mol. The van der Waals surface area contributed by atoms with Crippen molar-refractivity contribution in [2.45, 2.75) is 18.4 Å². The molecule has 2 aromatic carbocycles. The maximum Gasteiger partial charge on any atom is 0.240 e. The Morgan fingerprint density at radius 1 is 1.04 bits per heavy atom. The normalized spacial score (nSPS) is 11.3. The molecule has 0 unspecified atom stereocenters. The van der Waals surface area contributed by atoms with Gasteiger partial charge in [0.1, 0.15) is 5.82 Å². The number of rotatable bonds is 6. The van der Waals surface area contributed by atoms with Crippen molar-refractivity contribution in [3.63, 3.8) is 0 Å². The van der Waals surface area contributed by atoms with Gasteiger partial charge in [0.2, 0.25) is 10.0 Å². The van der Waals surface area contributed by atoms with E-state index in [-0.39, 0.29) is 11.4 Å². The molecule has 0 atom stereocenters. The van der Waals surface area contributed by atoms with E-state index in [1.54, 1.807) is 12.1 Å². The highest BCUT2D eigenvalue weighted by atomic mass is 32.2. The maximum absolute atomic E-state index is 12.9. The van der Waals surface area contributed by atoms with Crippen LogP contribution in [0.15, 0.2) is 41.3 Å². The topological polar surface area (TPSA) is 64.6 Å². The highest BCUT2D eigenvalue weighted by Crippen LogP contribution is 2.30. The zero-order chi connectivity index (χ0) is 17.0. The molecule has 23 heavy (non-hydrogen) atoms. The Hall–Kier alpha value is -2.12. The van der Waals surface area contributed by atoms with Gasteiger partial charge < -0.3 is 9.47 Å². The minimum Gasteiger partial charge on any atom is -0.493 e. The number of sulfonamides is 1. The van der Waals surface area contributed by atoms with Crippen molar-refractivity contribution in [2.24, 2.45) is 0 Å². The predicted molar refractivity (Wildman–Crippen MR) is 84.7 cm³/mol. The molecule has 0 spiro atoms. The van der Waals surface area contributed by atoms with E-state index in [0.717, 1.165) is 23.3 Å². The third kappa shape index (κ3) is 4.00. The molecule has 5 nitrogen and oxygen atoms in total. The lowest BCUT2D eigenvalue weighted by Crippen LogP contribution is -2.23. The van der Waals surface area contributed by atoms with Crippen LogP contribution in [0.1, 0.15) is 11.1 Å². The minimum atomic E-state index is -3.72. The van der Waals surface area contributed by atoms with Gasteiger partial charge in [-0.25, -0.2) is 17.5 Å². The zero-order valence-corrected chi connectivity index (χ0v) is 13.9. The van der Waals surface area contributed by atoms with E-state index in [0.29, 0.717) is 11.5 Å². The van der Waals surface area contributed by atoms with Crippen LogP contribution in [-0.2, 0) is 16.6 Å². The summed E-state index contributed by atoms with van der Waals surface area (Å²) in [7, 11) is -0.667. The number of ether oxygens (including phenoxy) is 2. The van der Waals surface area contributed by atoms with Gasteiger partial charge in [-0.1, -0.05) is 0 Å². The number of nitrogens with one attached hydrogen (secondary N) is 1. The van der Waals surface area contributed by atoms with E-state index in [9.17, 15) is 12.8 Å². The van der Waals surface area contributed by atoms with Gasteiger partial charge >= 0.3 is 0 Å². The summed E-state index contributed by atoms with van der Waals surface area (Å²) in [4.78, 5) is 0.0111. The Kier molecular flexibility index (Phi) is 5.23. The summed E-state index contributed by atoms with van der Waals surface area (Å²) in [5, 5.41) is 0. The number of hydrogen-bond donors (Lipinski definition) is 1. The van der Waals surface area contributed by atoms with Crippen LogP contribution in [0.25, 0.3) is 0 Å². The van der Waals surface area contributed by atoms with Crippen molar-refractivity contribution in [1.82, 2.24) is 4.72 Å².